The molecule has 0 aliphatic heterocycles. The van der Waals surface area contributed by atoms with Gasteiger partial charge in [-0.15, -0.1) is 0 Å². The van der Waals surface area contributed by atoms with Crippen molar-refractivity contribution >= 4 is 6.29 Å². The van der Waals surface area contributed by atoms with Crippen LogP contribution in [-0.2, 0) is 0 Å². The van der Waals surface area contributed by atoms with Gasteiger partial charge in [-0.1, -0.05) is 24.3 Å². The Morgan fingerprint density at radius 1 is 1.14 bits per heavy atom. The van der Waals surface area contributed by atoms with Crippen molar-refractivity contribution < 1.29 is 24.5 Å². The molecule has 0 aromatic heterocycles. The molecule has 0 spiro atoms. The zero-order valence-electron chi connectivity index (χ0n) is 12.7. The van der Waals surface area contributed by atoms with Gasteiger partial charge in [0.1, 0.15) is 12.4 Å². The summed E-state index contributed by atoms with van der Waals surface area (Å²) in [5.74, 6) is 0.405. The van der Waals surface area contributed by atoms with Crippen molar-refractivity contribution in [1.82, 2.24) is 0 Å². The van der Waals surface area contributed by atoms with E-state index in [-0.39, 0.29) is 11.5 Å². The Kier molecular flexibility index (Phi) is 4.68. The Bertz CT molecular complexity index is 676. The minimum atomic E-state index is -1.04. The molecule has 0 saturated carbocycles. The van der Waals surface area contributed by atoms with Gasteiger partial charge in [0, 0.05) is 11.1 Å². The number of hydrogen-bond acceptors (Lipinski definition) is 5. The van der Waals surface area contributed by atoms with Crippen molar-refractivity contribution in [3.8, 4) is 17.2 Å². The van der Waals surface area contributed by atoms with Crippen LogP contribution in [0.2, 0.25) is 0 Å². The monoisotopic (exact) mass is 302 g/mol. The summed E-state index contributed by atoms with van der Waals surface area (Å²) in [4.78, 5) is 10.7. The number of aromatic hydroxyl groups is 1. The predicted octanol–water partition coefficient (Wildman–Crippen LogP) is 2.61. The van der Waals surface area contributed by atoms with E-state index in [2.05, 4.69) is 0 Å². The molecule has 116 valence electrons. The molecule has 2 aromatic rings. The topological polar surface area (TPSA) is 76.0 Å². The van der Waals surface area contributed by atoms with Gasteiger partial charge >= 0.3 is 0 Å². The lowest BCUT2D eigenvalue weighted by Gasteiger charge is -2.19. The third-order valence-corrected chi connectivity index (χ3v) is 3.55. The molecule has 0 heterocycles. The van der Waals surface area contributed by atoms with Gasteiger partial charge in [-0.25, -0.2) is 0 Å². The average molecular weight is 302 g/mol. The first kappa shape index (κ1) is 15.9. The highest BCUT2D eigenvalue weighted by Crippen LogP contribution is 2.44. The van der Waals surface area contributed by atoms with Crippen LogP contribution in [0.1, 0.15) is 33.2 Å². The van der Waals surface area contributed by atoms with E-state index in [1.807, 2.05) is 0 Å². The summed E-state index contributed by atoms with van der Waals surface area (Å²) in [5.41, 5.74) is 2.10. The fourth-order valence-electron chi connectivity index (χ4n) is 2.38. The van der Waals surface area contributed by atoms with Gasteiger partial charge in [-0.3, -0.25) is 4.79 Å². The lowest BCUT2D eigenvalue weighted by molar-refractivity contribution is 0.112. The number of carbonyl (C=O) groups excluding carboxylic acids is 1. The zero-order valence-corrected chi connectivity index (χ0v) is 12.7. The quantitative estimate of drug-likeness (QED) is 0.830. The third-order valence-electron chi connectivity index (χ3n) is 3.55. The van der Waals surface area contributed by atoms with Crippen LogP contribution in [0, 0.1) is 6.92 Å². The number of ether oxygens (including phenoxy) is 2. The van der Waals surface area contributed by atoms with Crippen LogP contribution in [0.15, 0.2) is 30.3 Å². The third kappa shape index (κ3) is 2.76. The number of aryl methyl sites for hydroxylation is 1. The van der Waals surface area contributed by atoms with Crippen LogP contribution in [-0.4, -0.2) is 30.7 Å². The smallest absolute Gasteiger partial charge is 0.203 e. The molecule has 0 amide bonds. The lowest BCUT2D eigenvalue weighted by Crippen LogP contribution is -2.05. The van der Waals surface area contributed by atoms with E-state index in [1.165, 1.54) is 14.2 Å². The molecule has 0 bridgehead atoms. The van der Waals surface area contributed by atoms with E-state index < -0.39 is 6.10 Å². The summed E-state index contributed by atoms with van der Waals surface area (Å²) < 4.78 is 10.3. The van der Waals surface area contributed by atoms with Crippen molar-refractivity contribution in [2.75, 3.05) is 14.2 Å². The highest BCUT2D eigenvalue weighted by atomic mass is 16.5. The molecule has 2 rings (SSSR count). The number of aliphatic hydroxyl groups is 1. The zero-order chi connectivity index (χ0) is 16.3. The number of carbonyl (C=O) groups is 1. The number of aliphatic hydroxyl groups excluding tert-OH is 1. The molecule has 2 aromatic carbocycles. The number of rotatable bonds is 5. The fourth-order valence-corrected chi connectivity index (χ4v) is 2.38. The molecule has 5 heteroatoms. The maximum atomic E-state index is 10.7. The molecule has 1 atom stereocenters. The first-order chi connectivity index (χ1) is 10.5. The van der Waals surface area contributed by atoms with E-state index >= 15 is 0 Å². The van der Waals surface area contributed by atoms with Gasteiger partial charge in [-0.05, 0) is 24.1 Å². The van der Waals surface area contributed by atoms with Crippen LogP contribution in [0.5, 0.6) is 17.2 Å². The Hall–Kier alpha value is -2.53. The molecule has 2 N–H and O–H groups in total. The molecule has 1 unspecified atom stereocenters. The largest absolute Gasteiger partial charge is 0.504 e. The lowest BCUT2D eigenvalue weighted by atomic mass is 9.95. The number of hydrogen-bond donors (Lipinski definition) is 2. The van der Waals surface area contributed by atoms with Crippen LogP contribution in [0.3, 0.4) is 0 Å². The van der Waals surface area contributed by atoms with E-state index in [9.17, 15) is 15.0 Å². The van der Waals surface area contributed by atoms with E-state index in [4.69, 9.17) is 9.47 Å². The van der Waals surface area contributed by atoms with Crippen molar-refractivity contribution in [3.05, 3.63) is 52.6 Å². The van der Waals surface area contributed by atoms with Crippen molar-refractivity contribution in [2.45, 2.75) is 13.0 Å². The second-order valence-electron chi connectivity index (χ2n) is 4.88. The van der Waals surface area contributed by atoms with E-state index in [0.29, 0.717) is 28.0 Å². The number of phenolic OH excluding ortho intramolecular Hbond substituents is 1. The molecular weight excluding hydrogens is 284 g/mol. The highest BCUT2D eigenvalue weighted by molar-refractivity contribution is 5.74. The minimum Gasteiger partial charge on any atom is -0.504 e. The van der Waals surface area contributed by atoms with Gasteiger partial charge in [-0.2, -0.15) is 0 Å². The average Bonchev–Trinajstić information content (AvgIpc) is 2.54. The normalized spacial score (nSPS) is 11.8. The maximum absolute atomic E-state index is 10.7. The van der Waals surface area contributed by atoms with Crippen LogP contribution in [0.25, 0.3) is 0 Å². The van der Waals surface area contributed by atoms with Gasteiger partial charge in [0.05, 0.1) is 14.2 Å². The number of phenols is 1. The molecule has 0 saturated heterocycles. The van der Waals surface area contributed by atoms with E-state index in [0.717, 1.165) is 6.29 Å². The van der Waals surface area contributed by atoms with Crippen LogP contribution in [0.4, 0.5) is 0 Å². The Labute approximate surface area is 128 Å². The fraction of sp³-hybridized carbons (Fsp3) is 0.235. The summed E-state index contributed by atoms with van der Waals surface area (Å²) in [6, 6.07) is 8.20. The first-order valence-electron chi connectivity index (χ1n) is 6.71. The van der Waals surface area contributed by atoms with Crippen molar-refractivity contribution in [1.29, 1.82) is 0 Å². The molecule has 0 radical (unpaired) electrons. The van der Waals surface area contributed by atoms with E-state index in [1.54, 1.807) is 37.3 Å². The van der Waals surface area contributed by atoms with Gasteiger partial charge in [0.25, 0.3) is 0 Å². The first-order valence-corrected chi connectivity index (χ1v) is 6.71. The Morgan fingerprint density at radius 2 is 1.77 bits per heavy atom. The molecule has 22 heavy (non-hydrogen) atoms. The molecular formula is C17H18O5. The summed E-state index contributed by atoms with van der Waals surface area (Å²) in [5, 5.41) is 20.9. The summed E-state index contributed by atoms with van der Waals surface area (Å²) >= 11 is 0. The summed E-state index contributed by atoms with van der Waals surface area (Å²) in [6.07, 6.45) is -0.310. The van der Waals surface area contributed by atoms with Crippen LogP contribution < -0.4 is 9.47 Å². The standard InChI is InChI=1S/C17H18O5/c1-10-8-13(21-2)17(22-3)16(20)14(10)15(19)12-6-4-11(9-18)5-7-12/h4-9,15,19-20H,1-3H3. The molecule has 0 fully saturated rings. The number of aldehydes is 1. The summed E-state index contributed by atoms with van der Waals surface area (Å²) in [6.45, 7) is 1.76. The minimum absolute atomic E-state index is 0.161. The van der Waals surface area contributed by atoms with Gasteiger partial charge in [0.15, 0.2) is 11.5 Å². The van der Waals surface area contributed by atoms with Crippen molar-refractivity contribution in [2.24, 2.45) is 0 Å². The maximum Gasteiger partial charge on any atom is 0.203 e. The van der Waals surface area contributed by atoms with Crippen LogP contribution >= 0.6 is 0 Å². The molecule has 5 nitrogen and oxygen atoms in total. The van der Waals surface area contributed by atoms with Gasteiger partial charge in [0.2, 0.25) is 5.75 Å². The Balaban J connectivity index is 2.52. The second kappa shape index (κ2) is 6.49. The second-order valence-corrected chi connectivity index (χ2v) is 4.88. The molecule has 0 aliphatic rings. The number of methoxy groups -OCH3 is 2. The highest BCUT2D eigenvalue weighted by Gasteiger charge is 2.23. The summed E-state index contributed by atoms with van der Waals surface area (Å²) in [7, 11) is 2.90. The van der Waals surface area contributed by atoms with Crippen molar-refractivity contribution in [3.63, 3.8) is 0 Å². The van der Waals surface area contributed by atoms with Gasteiger partial charge < -0.3 is 19.7 Å². The number of benzene rings is 2. The molecule has 0 aliphatic carbocycles. The predicted molar refractivity (Wildman–Crippen MR) is 81.8 cm³/mol. The SMILES string of the molecule is COc1cc(C)c(C(O)c2ccc(C=O)cc2)c(O)c1OC. The Morgan fingerprint density at radius 3 is 2.27 bits per heavy atom.